The number of imidazole rings is 1. The topological polar surface area (TPSA) is 53.7 Å². The van der Waals surface area contributed by atoms with Gasteiger partial charge in [0.25, 0.3) is 0 Å². The molecule has 7 heteroatoms. The Hall–Kier alpha value is -9.46. The first kappa shape index (κ1) is 41.3. The molecule has 0 unspecified atom stereocenters. The smallest absolute Gasteiger partial charge is 0.145 e. The van der Waals surface area contributed by atoms with Crippen molar-refractivity contribution in [2.75, 3.05) is 0 Å². The molecule has 0 aliphatic heterocycles. The van der Waals surface area contributed by atoms with Crippen LogP contribution in [0.5, 0.6) is 11.5 Å². The SMILES string of the molecule is CC(C)(C)c1ccnc(-n2c3ccccc3c3ccc(Oc4cccc(-c5nc6c7cccc8c9ccccc9n(c9ccccc9n9c%10ccccc%10c%10cccc(c6n5-c5ccccc5)c%109)c87)c4)cc32)c1. The summed E-state index contributed by atoms with van der Waals surface area (Å²) < 4.78 is 16.5. The molecule has 0 saturated heterocycles. The molecule has 15 rings (SSSR count). The summed E-state index contributed by atoms with van der Waals surface area (Å²) in [5.74, 6) is 3.11. The summed E-state index contributed by atoms with van der Waals surface area (Å²) in [5, 5.41) is 9.17. The Morgan fingerprint density at radius 2 is 0.918 bits per heavy atom. The van der Waals surface area contributed by atoms with Crippen molar-refractivity contribution in [1.29, 1.82) is 0 Å². The van der Waals surface area contributed by atoms with Crippen LogP contribution in [0.25, 0.3) is 121 Å². The van der Waals surface area contributed by atoms with Gasteiger partial charge in [-0.05, 0) is 89.8 Å². The van der Waals surface area contributed by atoms with Crippen LogP contribution in [0.2, 0.25) is 0 Å². The van der Waals surface area contributed by atoms with Gasteiger partial charge >= 0.3 is 0 Å². The Bertz CT molecular complexity index is 4810. The number of aromatic nitrogens is 6. The van der Waals surface area contributed by atoms with Crippen molar-refractivity contribution >= 4 is 98.3 Å². The lowest BCUT2D eigenvalue weighted by molar-refractivity contribution is 0.483. The summed E-state index contributed by atoms with van der Waals surface area (Å²) in [5.41, 5.74) is 13.9. The molecule has 6 aromatic heterocycles. The fourth-order valence-electron chi connectivity index (χ4n) is 11.7. The second-order valence-electron chi connectivity index (χ2n) is 20.2. The maximum atomic E-state index is 6.95. The van der Waals surface area contributed by atoms with E-state index in [4.69, 9.17) is 14.7 Å². The lowest BCUT2D eigenvalue weighted by Gasteiger charge is -2.20. The molecule has 0 saturated carbocycles. The number of fused-ring (bicyclic) bond motifs is 15. The van der Waals surface area contributed by atoms with Gasteiger partial charge in [-0.3, -0.25) is 9.13 Å². The Balaban J connectivity index is 1.03. The van der Waals surface area contributed by atoms with Gasteiger partial charge in [0, 0.05) is 66.6 Å². The van der Waals surface area contributed by atoms with Crippen molar-refractivity contribution in [2.24, 2.45) is 0 Å². The van der Waals surface area contributed by atoms with Crippen LogP contribution in [-0.2, 0) is 5.41 Å². The van der Waals surface area contributed by atoms with Gasteiger partial charge in [0.2, 0.25) is 0 Å². The molecule has 0 radical (unpaired) electrons. The van der Waals surface area contributed by atoms with Gasteiger partial charge in [-0.25, -0.2) is 9.97 Å². The zero-order valence-electron chi connectivity index (χ0n) is 40.5. The minimum Gasteiger partial charge on any atom is -0.457 e. The predicted octanol–water partition coefficient (Wildman–Crippen LogP) is 17.1. The second-order valence-corrected chi connectivity index (χ2v) is 20.2. The van der Waals surface area contributed by atoms with Crippen LogP contribution >= 0.6 is 0 Å². The van der Waals surface area contributed by atoms with E-state index in [9.17, 15) is 0 Å². The third kappa shape index (κ3) is 6.12. The van der Waals surface area contributed by atoms with Crippen LogP contribution < -0.4 is 4.74 Å². The molecule has 7 nitrogen and oxygen atoms in total. The van der Waals surface area contributed by atoms with Gasteiger partial charge in [0.05, 0.1) is 55.2 Å². The summed E-state index contributed by atoms with van der Waals surface area (Å²) in [4.78, 5) is 10.8. The summed E-state index contributed by atoms with van der Waals surface area (Å²) in [6, 6.07) is 78.3. The molecule has 0 aliphatic carbocycles. The number of pyridine rings is 1. The number of benzene rings is 9. The highest BCUT2D eigenvalue weighted by Gasteiger charge is 2.24. The fraction of sp³-hybridized carbons (Fsp3) is 0.0606. The van der Waals surface area contributed by atoms with Crippen LogP contribution in [0.1, 0.15) is 26.3 Å². The quantitative estimate of drug-likeness (QED) is 0.173. The summed E-state index contributed by atoms with van der Waals surface area (Å²) in [6.07, 6.45) is 1.92. The van der Waals surface area contributed by atoms with Crippen LogP contribution in [0.15, 0.2) is 225 Å². The van der Waals surface area contributed by atoms with E-state index in [1.807, 2.05) is 12.3 Å². The van der Waals surface area contributed by atoms with E-state index >= 15 is 0 Å². The molecule has 0 fully saturated rings. The standard InChI is InChI=1S/C66H46N6O/c1-66(2,3)42-36-37-67-60(39-42)70-54-29-10-7-22-46(54)49-35-34-45(40-59(49)70)73-44-21-15-18-41(38-44)65-68-61-52-27-16-25-50-47-23-8-11-30-55(47)71(62(50)52)57-32-13-14-33-58(57)72-56-31-12-9-24-48(56)51-26-17-28-53(63(51)72)64(61)69(65)43-19-5-4-6-20-43/h4-40H,1-3H3. The number of hydrogen-bond acceptors (Lipinski definition) is 3. The van der Waals surface area contributed by atoms with Crippen LogP contribution in [0.3, 0.4) is 0 Å². The molecule has 15 aromatic rings. The Morgan fingerprint density at radius 1 is 0.384 bits per heavy atom. The Morgan fingerprint density at radius 3 is 1.60 bits per heavy atom. The first-order valence-electron chi connectivity index (χ1n) is 25.0. The van der Waals surface area contributed by atoms with E-state index in [0.29, 0.717) is 5.75 Å². The van der Waals surface area contributed by atoms with Crippen molar-refractivity contribution in [3.63, 3.8) is 0 Å². The zero-order chi connectivity index (χ0) is 48.5. The lowest BCUT2D eigenvalue weighted by atomic mass is 9.88. The molecule has 6 heterocycles. The molecular weight excluding hydrogens is 893 g/mol. The van der Waals surface area contributed by atoms with Crippen LogP contribution in [0, 0.1) is 0 Å². The van der Waals surface area contributed by atoms with Crippen LogP contribution in [0.4, 0.5) is 0 Å². The van der Waals surface area contributed by atoms with Crippen molar-refractivity contribution in [2.45, 2.75) is 26.2 Å². The zero-order valence-corrected chi connectivity index (χ0v) is 40.5. The van der Waals surface area contributed by atoms with Crippen molar-refractivity contribution in [3.05, 3.63) is 230 Å². The summed E-state index contributed by atoms with van der Waals surface area (Å²) in [7, 11) is 0. The van der Waals surface area contributed by atoms with Gasteiger partial charge in [0.1, 0.15) is 23.1 Å². The number of hydrogen-bond donors (Lipinski definition) is 0. The molecule has 0 amide bonds. The Labute approximate surface area is 419 Å². The Kier molecular flexibility index (Phi) is 8.79. The third-order valence-electron chi connectivity index (χ3n) is 15.0. The number of rotatable bonds is 5. The molecular formula is C66H46N6O. The average molecular weight is 939 g/mol. The number of ether oxygens (including phenoxy) is 1. The molecule has 9 aromatic carbocycles. The summed E-state index contributed by atoms with van der Waals surface area (Å²) in [6.45, 7) is 6.72. The van der Waals surface area contributed by atoms with E-state index in [2.05, 4.69) is 251 Å². The minimum absolute atomic E-state index is 0.0339. The minimum atomic E-state index is -0.0339. The van der Waals surface area contributed by atoms with E-state index in [1.165, 1.54) is 32.5 Å². The molecule has 346 valence electrons. The molecule has 0 spiro atoms. The highest BCUT2D eigenvalue weighted by Crippen LogP contribution is 2.43. The van der Waals surface area contributed by atoms with E-state index in [1.54, 1.807) is 0 Å². The first-order valence-corrected chi connectivity index (χ1v) is 25.0. The largest absolute Gasteiger partial charge is 0.457 e. The average Bonchev–Trinajstić information content (AvgIpc) is 4.18. The maximum absolute atomic E-state index is 6.95. The van der Waals surface area contributed by atoms with Gasteiger partial charge in [0.15, 0.2) is 0 Å². The molecule has 0 atom stereocenters. The molecule has 0 bridgehead atoms. The van der Waals surface area contributed by atoms with E-state index in [-0.39, 0.29) is 5.41 Å². The predicted molar refractivity (Wildman–Crippen MR) is 302 cm³/mol. The highest BCUT2D eigenvalue weighted by molar-refractivity contribution is 6.25. The van der Waals surface area contributed by atoms with E-state index < -0.39 is 0 Å². The highest BCUT2D eigenvalue weighted by atomic mass is 16.5. The number of nitrogens with zero attached hydrogens (tertiary/aromatic N) is 6. The molecule has 0 aliphatic rings. The van der Waals surface area contributed by atoms with Crippen molar-refractivity contribution in [1.82, 2.24) is 27.9 Å². The molecule has 0 N–H and O–H groups in total. The lowest BCUT2D eigenvalue weighted by Crippen LogP contribution is -2.12. The monoisotopic (exact) mass is 938 g/mol. The van der Waals surface area contributed by atoms with Gasteiger partial charge in [-0.2, -0.15) is 0 Å². The van der Waals surface area contributed by atoms with E-state index in [0.717, 1.165) is 100.0 Å². The maximum Gasteiger partial charge on any atom is 0.145 e. The van der Waals surface area contributed by atoms with Gasteiger partial charge < -0.3 is 13.5 Å². The number of para-hydroxylation sites is 8. The van der Waals surface area contributed by atoms with Gasteiger partial charge in [-0.15, -0.1) is 0 Å². The molecule has 73 heavy (non-hydrogen) atoms. The summed E-state index contributed by atoms with van der Waals surface area (Å²) >= 11 is 0. The fourth-order valence-corrected chi connectivity index (χ4v) is 11.7. The second kappa shape index (κ2) is 15.5. The first-order chi connectivity index (χ1) is 35.9. The third-order valence-corrected chi connectivity index (χ3v) is 15.0. The normalized spacial score (nSPS) is 12.3. The van der Waals surface area contributed by atoms with Crippen molar-refractivity contribution in [3.8, 4) is 34.4 Å². The van der Waals surface area contributed by atoms with Crippen molar-refractivity contribution < 1.29 is 4.74 Å². The van der Waals surface area contributed by atoms with Gasteiger partial charge in [-0.1, -0.05) is 154 Å². The van der Waals surface area contributed by atoms with Crippen LogP contribution in [-0.4, -0.2) is 27.9 Å².